The van der Waals surface area contributed by atoms with Crippen LogP contribution in [0.5, 0.6) is 0 Å². The molecule has 37 heavy (non-hydrogen) atoms. The zero-order chi connectivity index (χ0) is 26.3. The van der Waals surface area contributed by atoms with Gasteiger partial charge in [0.1, 0.15) is 12.1 Å². The largest absolute Gasteiger partial charge is 0.490 e. The van der Waals surface area contributed by atoms with E-state index in [9.17, 15) is 13.2 Å². The van der Waals surface area contributed by atoms with Crippen LogP contribution in [0.3, 0.4) is 0 Å². The SMILES string of the molecule is O=C(O)C(F)(F)F.c1ccc(-n2cnc(-c3ccnc(Nc4ccc(N5CCOCC5)cc4)c3)n2)cc1. The molecule has 0 atom stereocenters. The number of benzene rings is 2. The molecular weight excluding hydrogens is 489 g/mol. The molecule has 0 spiro atoms. The van der Waals surface area contributed by atoms with Crippen LogP contribution in [0.25, 0.3) is 17.1 Å². The Kier molecular flexibility index (Phi) is 7.98. The summed E-state index contributed by atoms with van der Waals surface area (Å²) in [6, 6.07) is 22.2. The van der Waals surface area contributed by atoms with Crippen molar-refractivity contribution in [2.75, 3.05) is 36.5 Å². The summed E-state index contributed by atoms with van der Waals surface area (Å²) in [5.41, 5.74) is 4.08. The molecule has 192 valence electrons. The van der Waals surface area contributed by atoms with E-state index in [1.165, 1.54) is 5.69 Å². The first-order valence-electron chi connectivity index (χ1n) is 11.2. The number of morpholine rings is 1. The maximum absolute atomic E-state index is 10.6. The number of pyridine rings is 1. The van der Waals surface area contributed by atoms with Gasteiger partial charge in [0.25, 0.3) is 0 Å². The second kappa shape index (κ2) is 11.5. The molecular formula is C25H23F3N6O3. The molecule has 1 aliphatic rings. The van der Waals surface area contributed by atoms with Crippen molar-refractivity contribution < 1.29 is 27.8 Å². The Hall–Kier alpha value is -4.45. The standard InChI is InChI=1S/C23H22N6O.C2HF3O2/c1-2-4-21(5-3-1)29-17-25-23(27-29)18-10-11-24-22(16-18)26-19-6-8-20(9-7-19)28-12-14-30-15-13-28;3-2(4,5)1(6)7/h1-11,16-17H,12-15H2,(H,24,26);(H,6,7). The zero-order valence-electron chi connectivity index (χ0n) is 19.5. The Morgan fingerprint density at radius 3 is 2.27 bits per heavy atom. The van der Waals surface area contributed by atoms with Crippen molar-refractivity contribution in [3.8, 4) is 17.1 Å². The van der Waals surface area contributed by atoms with Gasteiger partial charge >= 0.3 is 12.1 Å². The number of nitrogens with zero attached hydrogens (tertiary/aromatic N) is 5. The first kappa shape index (κ1) is 25.6. The fourth-order valence-corrected chi connectivity index (χ4v) is 3.46. The maximum atomic E-state index is 10.6. The Balaban J connectivity index is 0.000000405. The number of aromatic nitrogens is 4. The van der Waals surface area contributed by atoms with Gasteiger partial charge < -0.3 is 20.1 Å². The van der Waals surface area contributed by atoms with Crippen LogP contribution < -0.4 is 10.2 Å². The van der Waals surface area contributed by atoms with Crippen LogP contribution in [0.1, 0.15) is 0 Å². The second-order valence-corrected chi connectivity index (χ2v) is 7.85. The van der Waals surface area contributed by atoms with Gasteiger partial charge in [0.15, 0.2) is 5.82 Å². The van der Waals surface area contributed by atoms with Gasteiger partial charge in [0.05, 0.1) is 18.9 Å². The molecule has 5 rings (SSSR count). The molecule has 1 fully saturated rings. The van der Waals surface area contributed by atoms with Gasteiger partial charge in [-0.15, -0.1) is 5.10 Å². The van der Waals surface area contributed by atoms with Crippen LogP contribution in [0.4, 0.5) is 30.4 Å². The Morgan fingerprint density at radius 1 is 0.946 bits per heavy atom. The molecule has 9 nitrogen and oxygen atoms in total. The molecule has 1 aliphatic heterocycles. The van der Waals surface area contributed by atoms with Crippen molar-refractivity contribution in [2.45, 2.75) is 6.18 Å². The molecule has 0 radical (unpaired) electrons. The van der Waals surface area contributed by atoms with Crippen LogP contribution in [0, 0.1) is 0 Å². The van der Waals surface area contributed by atoms with E-state index in [1.807, 2.05) is 42.5 Å². The second-order valence-electron chi connectivity index (χ2n) is 7.85. The number of carboxylic acid groups (broad SMARTS) is 1. The lowest BCUT2D eigenvalue weighted by Gasteiger charge is -2.28. The Bertz CT molecular complexity index is 1310. The van der Waals surface area contributed by atoms with E-state index in [4.69, 9.17) is 14.6 Å². The molecule has 0 bridgehead atoms. The number of alkyl halides is 3. The highest BCUT2D eigenvalue weighted by Gasteiger charge is 2.38. The number of rotatable bonds is 5. The van der Waals surface area contributed by atoms with Crippen LogP contribution in [-0.4, -0.2) is 63.3 Å². The number of aliphatic carboxylic acids is 1. The third-order valence-electron chi connectivity index (χ3n) is 5.29. The summed E-state index contributed by atoms with van der Waals surface area (Å²) in [5.74, 6) is -1.35. The first-order chi connectivity index (χ1) is 17.8. The lowest BCUT2D eigenvalue weighted by molar-refractivity contribution is -0.192. The third-order valence-corrected chi connectivity index (χ3v) is 5.29. The van der Waals surface area contributed by atoms with E-state index in [0.717, 1.165) is 49.1 Å². The normalized spacial score (nSPS) is 13.4. The number of ether oxygens (including phenoxy) is 1. The summed E-state index contributed by atoms with van der Waals surface area (Å²) in [7, 11) is 0. The smallest absolute Gasteiger partial charge is 0.475 e. The fourth-order valence-electron chi connectivity index (χ4n) is 3.46. The maximum Gasteiger partial charge on any atom is 0.490 e. The van der Waals surface area contributed by atoms with Gasteiger partial charge in [-0.25, -0.2) is 19.4 Å². The summed E-state index contributed by atoms with van der Waals surface area (Å²) in [5, 5.41) is 15.1. The lowest BCUT2D eigenvalue weighted by Crippen LogP contribution is -2.36. The highest BCUT2D eigenvalue weighted by Crippen LogP contribution is 2.23. The van der Waals surface area contributed by atoms with Crippen molar-refractivity contribution >= 4 is 23.2 Å². The topological polar surface area (TPSA) is 105 Å². The Morgan fingerprint density at radius 2 is 1.62 bits per heavy atom. The van der Waals surface area contributed by atoms with Gasteiger partial charge in [0, 0.05) is 36.2 Å². The summed E-state index contributed by atoms with van der Waals surface area (Å²) in [4.78, 5) is 20.1. The van der Waals surface area contributed by atoms with Gasteiger partial charge in [-0.1, -0.05) is 18.2 Å². The van der Waals surface area contributed by atoms with Crippen LogP contribution in [0.2, 0.25) is 0 Å². The average molecular weight is 512 g/mol. The van der Waals surface area contributed by atoms with Gasteiger partial charge in [-0.2, -0.15) is 13.2 Å². The number of nitrogens with one attached hydrogen (secondary N) is 1. The molecule has 0 unspecified atom stereocenters. The van der Waals surface area contributed by atoms with Crippen LogP contribution in [-0.2, 0) is 9.53 Å². The third kappa shape index (κ3) is 7.04. The van der Waals surface area contributed by atoms with Crippen molar-refractivity contribution in [3.05, 3.63) is 79.3 Å². The highest BCUT2D eigenvalue weighted by molar-refractivity contribution is 5.73. The van der Waals surface area contributed by atoms with E-state index in [1.54, 1.807) is 17.2 Å². The van der Waals surface area contributed by atoms with Gasteiger partial charge in [-0.05, 0) is 48.5 Å². The molecule has 3 heterocycles. The first-order valence-corrected chi connectivity index (χ1v) is 11.2. The van der Waals surface area contributed by atoms with E-state index < -0.39 is 12.1 Å². The Labute approximate surface area is 210 Å². The molecule has 0 amide bonds. The fraction of sp³-hybridized carbons (Fsp3) is 0.200. The number of para-hydroxylation sites is 1. The number of hydrogen-bond donors (Lipinski definition) is 2. The predicted molar refractivity (Wildman–Crippen MR) is 131 cm³/mol. The van der Waals surface area contributed by atoms with Crippen LogP contribution in [0.15, 0.2) is 79.3 Å². The predicted octanol–water partition coefficient (Wildman–Crippen LogP) is 4.54. The molecule has 2 aromatic heterocycles. The molecule has 12 heteroatoms. The molecule has 4 aromatic rings. The number of carbonyl (C=O) groups is 1. The van der Waals surface area contributed by atoms with E-state index in [0.29, 0.717) is 5.82 Å². The van der Waals surface area contributed by atoms with Gasteiger partial charge in [-0.3, -0.25) is 0 Å². The van der Waals surface area contributed by atoms with Crippen LogP contribution >= 0.6 is 0 Å². The quantitative estimate of drug-likeness (QED) is 0.402. The molecule has 1 saturated heterocycles. The molecule has 2 aromatic carbocycles. The summed E-state index contributed by atoms with van der Waals surface area (Å²) >= 11 is 0. The molecule has 0 aliphatic carbocycles. The number of halogens is 3. The minimum atomic E-state index is -5.08. The van der Waals surface area contributed by atoms with Crippen molar-refractivity contribution in [2.24, 2.45) is 0 Å². The molecule has 2 N–H and O–H groups in total. The monoisotopic (exact) mass is 512 g/mol. The van der Waals surface area contributed by atoms with E-state index in [2.05, 4.69) is 49.5 Å². The van der Waals surface area contributed by atoms with E-state index >= 15 is 0 Å². The minimum absolute atomic E-state index is 0.659. The number of carboxylic acids is 1. The van der Waals surface area contributed by atoms with Crippen molar-refractivity contribution in [3.63, 3.8) is 0 Å². The van der Waals surface area contributed by atoms with E-state index in [-0.39, 0.29) is 0 Å². The van der Waals surface area contributed by atoms with Gasteiger partial charge in [0.2, 0.25) is 0 Å². The molecule has 0 saturated carbocycles. The van der Waals surface area contributed by atoms with Crippen molar-refractivity contribution in [1.82, 2.24) is 19.7 Å². The summed E-state index contributed by atoms with van der Waals surface area (Å²) in [6.45, 7) is 3.42. The summed E-state index contributed by atoms with van der Waals surface area (Å²) < 4.78 is 38.9. The zero-order valence-corrected chi connectivity index (χ0v) is 19.5. The summed E-state index contributed by atoms with van der Waals surface area (Å²) in [6.07, 6.45) is -1.59. The number of hydrogen-bond acceptors (Lipinski definition) is 7. The van der Waals surface area contributed by atoms with Crippen molar-refractivity contribution in [1.29, 1.82) is 0 Å². The average Bonchev–Trinajstić information content (AvgIpc) is 3.41. The highest BCUT2D eigenvalue weighted by atomic mass is 19.4. The number of anilines is 3. The lowest BCUT2D eigenvalue weighted by atomic mass is 10.2. The minimum Gasteiger partial charge on any atom is -0.475 e.